The minimum atomic E-state index is -0.989. The molecule has 1 unspecified atom stereocenters. The number of carboxylic acid groups (broad SMARTS) is 1. The van der Waals surface area contributed by atoms with Gasteiger partial charge in [0.15, 0.2) is 0 Å². The Labute approximate surface area is 131 Å². The predicted molar refractivity (Wildman–Crippen MR) is 77.7 cm³/mol. The van der Waals surface area contributed by atoms with Crippen molar-refractivity contribution in [1.29, 1.82) is 0 Å². The van der Waals surface area contributed by atoms with Crippen LogP contribution in [0, 0.1) is 0 Å². The molecule has 1 atom stereocenters. The standard InChI is InChI=1S/C12H13Cl3N2O3/c1-2-3-6(4-8(18)19)17-12(20)11-10(15)9(14)7(13)5-16-11/h5-6H,2-4H2,1H3,(H,17,20)(H,18,19). The fraction of sp³-hybridized carbons (Fsp3) is 0.417. The molecule has 0 aliphatic rings. The SMILES string of the molecule is CCCC(CC(=O)O)NC(=O)c1ncc(Cl)c(Cl)c1Cl. The van der Waals surface area contributed by atoms with Crippen molar-refractivity contribution in [3.8, 4) is 0 Å². The molecule has 1 aromatic rings. The van der Waals surface area contributed by atoms with Crippen LogP contribution in [-0.4, -0.2) is 28.0 Å². The van der Waals surface area contributed by atoms with Crippen LogP contribution in [0.1, 0.15) is 36.7 Å². The summed E-state index contributed by atoms with van der Waals surface area (Å²) in [5.41, 5.74) is -0.0763. The van der Waals surface area contributed by atoms with Crippen LogP contribution in [0.3, 0.4) is 0 Å². The molecule has 0 radical (unpaired) electrons. The molecule has 0 aliphatic heterocycles. The molecule has 8 heteroatoms. The second kappa shape index (κ2) is 7.67. The van der Waals surface area contributed by atoms with Crippen molar-refractivity contribution in [1.82, 2.24) is 10.3 Å². The number of nitrogens with one attached hydrogen (secondary N) is 1. The Kier molecular flexibility index (Phi) is 6.52. The lowest BCUT2D eigenvalue weighted by molar-refractivity contribution is -0.137. The van der Waals surface area contributed by atoms with Gasteiger partial charge in [0.1, 0.15) is 5.69 Å². The molecule has 1 aromatic heterocycles. The predicted octanol–water partition coefficient (Wildman–Crippen LogP) is 3.42. The molecule has 5 nitrogen and oxygen atoms in total. The third-order valence-electron chi connectivity index (χ3n) is 2.53. The van der Waals surface area contributed by atoms with Gasteiger partial charge in [0.05, 0.1) is 21.5 Å². The maximum atomic E-state index is 12.0. The Bertz CT molecular complexity index is 523. The molecule has 0 aromatic carbocycles. The van der Waals surface area contributed by atoms with Crippen molar-refractivity contribution >= 4 is 46.7 Å². The lowest BCUT2D eigenvalue weighted by Crippen LogP contribution is -2.37. The van der Waals surface area contributed by atoms with Gasteiger partial charge in [-0.25, -0.2) is 4.98 Å². The molecular weight excluding hydrogens is 327 g/mol. The number of hydrogen-bond acceptors (Lipinski definition) is 3. The van der Waals surface area contributed by atoms with Crippen LogP contribution < -0.4 is 5.32 Å². The van der Waals surface area contributed by atoms with Gasteiger partial charge in [-0.3, -0.25) is 9.59 Å². The molecule has 1 rings (SSSR count). The van der Waals surface area contributed by atoms with Crippen LogP contribution in [0.25, 0.3) is 0 Å². The van der Waals surface area contributed by atoms with Crippen molar-refractivity contribution < 1.29 is 14.7 Å². The Morgan fingerprint density at radius 1 is 1.35 bits per heavy atom. The van der Waals surface area contributed by atoms with Gasteiger partial charge in [-0.2, -0.15) is 0 Å². The Morgan fingerprint density at radius 3 is 2.55 bits per heavy atom. The summed E-state index contributed by atoms with van der Waals surface area (Å²) in [5.74, 6) is -1.56. The third-order valence-corrected chi connectivity index (χ3v) is 3.77. The summed E-state index contributed by atoms with van der Waals surface area (Å²) < 4.78 is 0. The van der Waals surface area contributed by atoms with Crippen molar-refractivity contribution in [2.24, 2.45) is 0 Å². The average molecular weight is 340 g/mol. The fourth-order valence-corrected chi connectivity index (χ4v) is 2.21. The highest BCUT2D eigenvalue weighted by molar-refractivity contribution is 6.48. The van der Waals surface area contributed by atoms with Gasteiger partial charge in [-0.05, 0) is 6.42 Å². The van der Waals surface area contributed by atoms with E-state index in [4.69, 9.17) is 39.9 Å². The summed E-state index contributed by atoms with van der Waals surface area (Å²) in [6.07, 6.45) is 2.33. The molecule has 0 aliphatic carbocycles. The molecular formula is C12H13Cl3N2O3. The molecule has 0 saturated carbocycles. The van der Waals surface area contributed by atoms with E-state index >= 15 is 0 Å². The number of halogens is 3. The zero-order valence-corrected chi connectivity index (χ0v) is 12.9. The molecule has 110 valence electrons. The number of amides is 1. The molecule has 2 N–H and O–H groups in total. The van der Waals surface area contributed by atoms with Crippen molar-refractivity contribution in [3.05, 3.63) is 27.0 Å². The van der Waals surface area contributed by atoms with E-state index in [0.717, 1.165) is 6.42 Å². The molecule has 20 heavy (non-hydrogen) atoms. The van der Waals surface area contributed by atoms with Crippen LogP contribution >= 0.6 is 34.8 Å². The molecule has 1 heterocycles. The zero-order chi connectivity index (χ0) is 15.3. The van der Waals surface area contributed by atoms with E-state index in [9.17, 15) is 9.59 Å². The van der Waals surface area contributed by atoms with Crippen molar-refractivity contribution in [2.75, 3.05) is 0 Å². The number of aliphatic carboxylic acids is 1. The smallest absolute Gasteiger partial charge is 0.305 e. The van der Waals surface area contributed by atoms with Gasteiger partial charge in [0.25, 0.3) is 5.91 Å². The fourth-order valence-electron chi connectivity index (χ4n) is 1.64. The van der Waals surface area contributed by atoms with Crippen LogP contribution in [0.2, 0.25) is 15.1 Å². The largest absolute Gasteiger partial charge is 0.481 e. The lowest BCUT2D eigenvalue weighted by atomic mass is 10.1. The van der Waals surface area contributed by atoms with Gasteiger partial charge < -0.3 is 10.4 Å². The number of carbonyl (C=O) groups excluding carboxylic acids is 1. The second-order valence-corrected chi connectivity index (χ2v) is 5.30. The average Bonchev–Trinajstić information content (AvgIpc) is 2.35. The number of carboxylic acids is 1. The normalized spacial score (nSPS) is 12.0. The first-order valence-electron chi connectivity index (χ1n) is 5.89. The maximum absolute atomic E-state index is 12.0. The first-order chi connectivity index (χ1) is 9.36. The zero-order valence-electron chi connectivity index (χ0n) is 10.6. The monoisotopic (exact) mass is 338 g/mol. The summed E-state index contributed by atoms with van der Waals surface area (Å²) in [5, 5.41) is 11.5. The van der Waals surface area contributed by atoms with Gasteiger partial charge in [0, 0.05) is 12.2 Å². The first-order valence-corrected chi connectivity index (χ1v) is 7.02. The number of aromatic nitrogens is 1. The second-order valence-electron chi connectivity index (χ2n) is 4.14. The molecule has 0 bridgehead atoms. The van der Waals surface area contributed by atoms with Crippen LogP contribution in [0.4, 0.5) is 0 Å². The summed E-state index contributed by atoms with van der Waals surface area (Å²) in [6, 6.07) is -0.489. The van der Waals surface area contributed by atoms with Crippen molar-refractivity contribution in [2.45, 2.75) is 32.2 Å². The Balaban J connectivity index is 2.89. The van der Waals surface area contributed by atoms with Crippen molar-refractivity contribution in [3.63, 3.8) is 0 Å². The highest BCUT2D eigenvalue weighted by atomic mass is 35.5. The molecule has 0 saturated heterocycles. The highest BCUT2D eigenvalue weighted by Gasteiger charge is 2.21. The molecule has 0 fully saturated rings. The summed E-state index contributed by atoms with van der Waals surface area (Å²) in [6.45, 7) is 1.89. The summed E-state index contributed by atoms with van der Waals surface area (Å²) in [4.78, 5) is 26.6. The minimum Gasteiger partial charge on any atom is -0.481 e. The van der Waals surface area contributed by atoms with E-state index in [-0.39, 0.29) is 27.2 Å². The van der Waals surface area contributed by atoms with Gasteiger partial charge >= 0.3 is 5.97 Å². The van der Waals surface area contributed by atoms with Gasteiger partial charge in [-0.15, -0.1) is 0 Å². The summed E-state index contributed by atoms with van der Waals surface area (Å²) >= 11 is 17.5. The molecule has 1 amide bonds. The first kappa shape index (κ1) is 17.0. The number of hydrogen-bond donors (Lipinski definition) is 2. The minimum absolute atomic E-state index is 0.0405. The Morgan fingerprint density at radius 2 is 2.00 bits per heavy atom. The topological polar surface area (TPSA) is 79.3 Å². The van der Waals surface area contributed by atoms with Crippen LogP contribution in [0.15, 0.2) is 6.20 Å². The number of pyridine rings is 1. The third kappa shape index (κ3) is 4.51. The number of nitrogens with zero attached hydrogens (tertiary/aromatic N) is 1. The van der Waals surface area contributed by atoms with E-state index in [1.807, 2.05) is 6.92 Å². The van der Waals surface area contributed by atoms with Crippen LogP contribution in [0.5, 0.6) is 0 Å². The highest BCUT2D eigenvalue weighted by Crippen LogP contribution is 2.31. The van der Waals surface area contributed by atoms with E-state index < -0.39 is 17.9 Å². The maximum Gasteiger partial charge on any atom is 0.305 e. The lowest BCUT2D eigenvalue weighted by Gasteiger charge is -2.16. The van der Waals surface area contributed by atoms with E-state index in [2.05, 4.69) is 10.3 Å². The Hall–Kier alpha value is -1.04. The van der Waals surface area contributed by atoms with Gasteiger partial charge in [-0.1, -0.05) is 48.1 Å². The van der Waals surface area contributed by atoms with E-state index in [0.29, 0.717) is 6.42 Å². The molecule has 0 spiro atoms. The van der Waals surface area contributed by atoms with Gasteiger partial charge in [0.2, 0.25) is 0 Å². The number of rotatable bonds is 6. The quantitative estimate of drug-likeness (QED) is 0.832. The van der Waals surface area contributed by atoms with E-state index in [1.165, 1.54) is 6.20 Å². The van der Waals surface area contributed by atoms with E-state index in [1.54, 1.807) is 0 Å². The number of carbonyl (C=O) groups is 2. The summed E-state index contributed by atoms with van der Waals surface area (Å²) in [7, 11) is 0. The van der Waals surface area contributed by atoms with Crippen LogP contribution in [-0.2, 0) is 4.79 Å².